The van der Waals surface area contributed by atoms with E-state index in [0.29, 0.717) is 23.6 Å². The average Bonchev–Trinajstić information content (AvgIpc) is 2.85. The van der Waals surface area contributed by atoms with Gasteiger partial charge in [-0.1, -0.05) is 19.9 Å². The van der Waals surface area contributed by atoms with Gasteiger partial charge in [0, 0.05) is 18.5 Å². The molecule has 4 nitrogen and oxygen atoms in total. The molecule has 0 radical (unpaired) electrons. The minimum absolute atomic E-state index is 0.186. The van der Waals surface area contributed by atoms with Crippen LogP contribution in [0.4, 0.5) is 4.39 Å². The maximum absolute atomic E-state index is 14.4. The molecule has 112 valence electrons. The molecule has 0 unspecified atom stereocenters. The molecule has 0 saturated carbocycles. The largest absolute Gasteiger partial charge is 0.496 e. The van der Waals surface area contributed by atoms with E-state index in [9.17, 15) is 4.39 Å². The van der Waals surface area contributed by atoms with E-state index in [-0.39, 0.29) is 11.7 Å². The summed E-state index contributed by atoms with van der Waals surface area (Å²) in [6.45, 7) is 5.60. The Hall–Kier alpha value is -2.04. The zero-order valence-electron chi connectivity index (χ0n) is 12.5. The summed E-state index contributed by atoms with van der Waals surface area (Å²) >= 11 is 0. The predicted octanol–water partition coefficient (Wildman–Crippen LogP) is 3.60. The van der Waals surface area contributed by atoms with Crippen LogP contribution in [-0.2, 0) is 6.54 Å². The number of aromatic nitrogens is 2. The van der Waals surface area contributed by atoms with Gasteiger partial charge in [-0.15, -0.1) is 0 Å². The predicted molar refractivity (Wildman–Crippen MR) is 78.4 cm³/mol. The Labute approximate surface area is 123 Å². The van der Waals surface area contributed by atoms with E-state index in [1.807, 2.05) is 4.68 Å². The Balaban J connectivity index is 2.26. The van der Waals surface area contributed by atoms with Crippen LogP contribution in [0.2, 0.25) is 0 Å². The highest BCUT2D eigenvalue weighted by molar-refractivity contribution is 5.73. The number of hydrogen-bond acceptors (Lipinski definition) is 3. The molecular formula is C16H19FN2O2. The molecule has 1 aromatic carbocycles. The van der Waals surface area contributed by atoms with Crippen molar-refractivity contribution in [3.8, 4) is 22.9 Å². The van der Waals surface area contributed by atoms with Crippen molar-refractivity contribution in [2.75, 3.05) is 13.7 Å². The van der Waals surface area contributed by atoms with Crippen molar-refractivity contribution < 1.29 is 13.9 Å². The molecule has 0 aliphatic carbocycles. The summed E-state index contributed by atoms with van der Waals surface area (Å²) in [5, 5.41) is 4.58. The highest BCUT2D eigenvalue weighted by atomic mass is 19.1. The molecule has 0 spiro atoms. The molecule has 0 atom stereocenters. The maximum Gasteiger partial charge on any atom is 0.215 e. The first-order chi connectivity index (χ1) is 10.1. The number of aryl methyl sites for hydroxylation is 1. The van der Waals surface area contributed by atoms with E-state index in [2.05, 4.69) is 18.9 Å². The van der Waals surface area contributed by atoms with Gasteiger partial charge in [0.05, 0.1) is 19.3 Å². The monoisotopic (exact) mass is 290 g/mol. The zero-order valence-corrected chi connectivity index (χ0v) is 12.5. The standard InChI is InChI=1S/C16H19FN2O2/c1-10(2)13-15(18-19-8-5-9-21-16(13)19)14-11(17)6-4-7-12(14)20-3/h4,6-7,10H,5,8-9H2,1-3H3. The summed E-state index contributed by atoms with van der Waals surface area (Å²) in [5.41, 5.74) is 1.98. The molecule has 1 aliphatic rings. The molecule has 1 aliphatic heterocycles. The normalized spacial score (nSPS) is 14.0. The third kappa shape index (κ3) is 2.26. The van der Waals surface area contributed by atoms with Gasteiger partial charge in [0.15, 0.2) is 0 Å². The van der Waals surface area contributed by atoms with Gasteiger partial charge in [-0.2, -0.15) is 5.10 Å². The molecule has 2 heterocycles. The molecule has 1 aromatic heterocycles. The second kappa shape index (κ2) is 5.39. The molecule has 0 saturated heterocycles. The van der Waals surface area contributed by atoms with Crippen LogP contribution in [0.5, 0.6) is 11.6 Å². The van der Waals surface area contributed by atoms with E-state index in [1.165, 1.54) is 6.07 Å². The Morgan fingerprint density at radius 2 is 2.19 bits per heavy atom. The number of benzene rings is 1. The van der Waals surface area contributed by atoms with Crippen molar-refractivity contribution in [3.63, 3.8) is 0 Å². The van der Waals surface area contributed by atoms with Crippen LogP contribution in [-0.4, -0.2) is 23.5 Å². The van der Waals surface area contributed by atoms with E-state index in [1.54, 1.807) is 19.2 Å². The third-order valence-electron chi connectivity index (χ3n) is 3.70. The Morgan fingerprint density at radius 1 is 1.38 bits per heavy atom. The lowest BCUT2D eigenvalue weighted by Gasteiger charge is -2.17. The Morgan fingerprint density at radius 3 is 2.90 bits per heavy atom. The lowest BCUT2D eigenvalue weighted by Crippen LogP contribution is -2.15. The first-order valence-corrected chi connectivity index (χ1v) is 7.19. The smallest absolute Gasteiger partial charge is 0.215 e. The quantitative estimate of drug-likeness (QED) is 0.866. The van der Waals surface area contributed by atoms with Crippen molar-refractivity contribution in [2.24, 2.45) is 0 Å². The highest BCUT2D eigenvalue weighted by Gasteiger charge is 2.28. The minimum atomic E-state index is -0.327. The van der Waals surface area contributed by atoms with Gasteiger partial charge in [-0.3, -0.25) is 0 Å². The number of hydrogen-bond donors (Lipinski definition) is 0. The van der Waals surface area contributed by atoms with Gasteiger partial charge in [0.1, 0.15) is 17.3 Å². The van der Waals surface area contributed by atoms with Crippen molar-refractivity contribution >= 4 is 0 Å². The number of ether oxygens (including phenoxy) is 2. The number of fused-ring (bicyclic) bond motifs is 1. The number of nitrogens with zero attached hydrogens (tertiary/aromatic N) is 2. The minimum Gasteiger partial charge on any atom is -0.496 e. The molecule has 0 fully saturated rings. The summed E-state index contributed by atoms with van der Waals surface area (Å²) < 4.78 is 27.3. The van der Waals surface area contributed by atoms with E-state index >= 15 is 0 Å². The average molecular weight is 290 g/mol. The molecule has 5 heteroatoms. The maximum atomic E-state index is 14.4. The van der Waals surface area contributed by atoms with E-state index < -0.39 is 0 Å². The second-order valence-electron chi connectivity index (χ2n) is 5.46. The molecule has 0 bridgehead atoms. The first-order valence-electron chi connectivity index (χ1n) is 7.19. The van der Waals surface area contributed by atoms with Crippen LogP contribution in [0.3, 0.4) is 0 Å². The van der Waals surface area contributed by atoms with Crippen LogP contribution in [0.25, 0.3) is 11.3 Å². The number of methoxy groups -OCH3 is 1. The second-order valence-corrected chi connectivity index (χ2v) is 5.46. The fraction of sp³-hybridized carbons (Fsp3) is 0.438. The number of rotatable bonds is 3. The van der Waals surface area contributed by atoms with Crippen molar-refractivity contribution in [2.45, 2.75) is 32.7 Å². The summed E-state index contributed by atoms with van der Waals surface area (Å²) in [7, 11) is 1.54. The molecule has 0 amide bonds. The lowest BCUT2D eigenvalue weighted by atomic mass is 9.98. The topological polar surface area (TPSA) is 36.3 Å². The van der Waals surface area contributed by atoms with Crippen molar-refractivity contribution in [1.82, 2.24) is 9.78 Å². The lowest BCUT2D eigenvalue weighted by molar-refractivity contribution is 0.227. The third-order valence-corrected chi connectivity index (χ3v) is 3.70. The molecule has 21 heavy (non-hydrogen) atoms. The Kier molecular flexibility index (Phi) is 3.57. The Bertz CT molecular complexity index is 665. The number of halogens is 1. The molecule has 0 N–H and O–H groups in total. The van der Waals surface area contributed by atoms with Gasteiger partial charge in [-0.05, 0) is 18.1 Å². The first kappa shape index (κ1) is 13.9. The van der Waals surface area contributed by atoms with Crippen LogP contribution in [0, 0.1) is 5.82 Å². The van der Waals surface area contributed by atoms with E-state index in [0.717, 1.165) is 24.4 Å². The zero-order chi connectivity index (χ0) is 15.0. The van der Waals surface area contributed by atoms with Gasteiger partial charge in [-0.25, -0.2) is 9.07 Å². The van der Waals surface area contributed by atoms with Gasteiger partial charge in [0.2, 0.25) is 5.88 Å². The van der Waals surface area contributed by atoms with Crippen LogP contribution < -0.4 is 9.47 Å². The van der Waals surface area contributed by atoms with Crippen LogP contribution in [0.15, 0.2) is 18.2 Å². The fourth-order valence-electron chi connectivity index (χ4n) is 2.76. The molecule has 3 rings (SSSR count). The highest BCUT2D eigenvalue weighted by Crippen LogP contribution is 2.41. The summed E-state index contributed by atoms with van der Waals surface area (Å²) in [5.74, 6) is 1.11. The van der Waals surface area contributed by atoms with Gasteiger partial charge in [0.25, 0.3) is 0 Å². The summed E-state index contributed by atoms with van der Waals surface area (Å²) in [6, 6.07) is 4.82. The van der Waals surface area contributed by atoms with Crippen molar-refractivity contribution in [1.29, 1.82) is 0 Å². The van der Waals surface area contributed by atoms with Crippen LogP contribution >= 0.6 is 0 Å². The van der Waals surface area contributed by atoms with Gasteiger partial charge < -0.3 is 9.47 Å². The summed E-state index contributed by atoms with van der Waals surface area (Å²) in [6.07, 6.45) is 0.917. The van der Waals surface area contributed by atoms with Crippen molar-refractivity contribution in [3.05, 3.63) is 29.6 Å². The summed E-state index contributed by atoms with van der Waals surface area (Å²) in [4.78, 5) is 0. The molecule has 2 aromatic rings. The SMILES string of the molecule is COc1cccc(F)c1-c1nn2c(c1C(C)C)OCCC2. The van der Waals surface area contributed by atoms with E-state index in [4.69, 9.17) is 9.47 Å². The van der Waals surface area contributed by atoms with Crippen LogP contribution in [0.1, 0.15) is 31.7 Å². The fourth-order valence-corrected chi connectivity index (χ4v) is 2.76. The molecular weight excluding hydrogens is 271 g/mol. The van der Waals surface area contributed by atoms with Gasteiger partial charge >= 0.3 is 0 Å².